The predicted octanol–water partition coefficient (Wildman–Crippen LogP) is 2.52. The van der Waals surface area contributed by atoms with Gasteiger partial charge in [0.25, 0.3) is 5.91 Å². The van der Waals surface area contributed by atoms with Gasteiger partial charge < -0.3 is 14.8 Å². The number of amides is 1. The van der Waals surface area contributed by atoms with Gasteiger partial charge in [-0.05, 0) is 42.8 Å². The fraction of sp³-hybridized carbons (Fsp3) is 0.222. The van der Waals surface area contributed by atoms with Crippen molar-refractivity contribution in [2.75, 3.05) is 19.8 Å². The first-order valence-corrected chi connectivity index (χ1v) is 7.35. The second-order valence-corrected chi connectivity index (χ2v) is 4.79. The fourth-order valence-corrected chi connectivity index (χ4v) is 1.83. The van der Waals surface area contributed by atoms with Crippen molar-refractivity contribution in [3.8, 4) is 17.6 Å². The summed E-state index contributed by atoms with van der Waals surface area (Å²) in [5.41, 5.74) is 0.556. The number of nitriles is 1. The van der Waals surface area contributed by atoms with E-state index in [4.69, 9.17) is 14.7 Å². The number of rotatable bonds is 8. The van der Waals surface area contributed by atoms with Gasteiger partial charge >= 0.3 is 0 Å². The van der Waals surface area contributed by atoms with Gasteiger partial charge in [-0.3, -0.25) is 4.79 Å². The number of nitrogens with one attached hydrogen (secondary N) is 1. The zero-order chi connectivity index (χ0) is 16.3. The summed E-state index contributed by atoms with van der Waals surface area (Å²) < 4.78 is 10.9. The highest BCUT2D eigenvalue weighted by molar-refractivity contribution is 5.77. The van der Waals surface area contributed by atoms with Gasteiger partial charge in [-0.15, -0.1) is 0 Å². The minimum absolute atomic E-state index is 0.0502. The SMILES string of the molecule is N#Cc1ccc(OCC(=O)NCCCOc2ccccc2)cc1. The van der Waals surface area contributed by atoms with Crippen molar-refractivity contribution in [3.05, 3.63) is 60.2 Å². The van der Waals surface area contributed by atoms with Crippen LogP contribution in [0.4, 0.5) is 0 Å². The normalized spacial score (nSPS) is 9.70. The molecule has 1 N–H and O–H groups in total. The lowest BCUT2D eigenvalue weighted by atomic mass is 10.2. The van der Waals surface area contributed by atoms with E-state index in [0.717, 1.165) is 12.2 Å². The standard InChI is InChI=1S/C18H18N2O3/c19-13-15-7-9-17(10-8-15)23-14-18(21)20-11-4-12-22-16-5-2-1-3-6-16/h1-3,5-10H,4,11-12,14H2,(H,20,21). The smallest absolute Gasteiger partial charge is 0.257 e. The largest absolute Gasteiger partial charge is 0.494 e. The topological polar surface area (TPSA) is 71.3 Å². The van der Waals surface area contributed by atoms with Gasteiger partial charge in [0, 0.05) is 6.54 Å². The number of benzene rings is 2. The van der Waals surface area contributed by atoms with Gasteiger partial charge in [0.2, 0.25) is 0 Å². The Morgan fingerprint density at radius 1 is 1.00 bits per heavy atom. The third-order valence-electron chi connectivity index (χ3n) is 3.01. The minimum Gasteiger partial charge on any atom is -0.494 e. The lowest BCUT2D eigenvalue weighted by molar-refractivity contribution is -0.123. The molecule has 0 fully saturated rings. The first-order valence-electron chi connectivity index (χ1n) is 7.35. The summed E-state index contributed by atoms with van der Waals surface area (Å²) in [6, 6.07) is 18.2. The van der Waals surface area contributed by atoms with Crippen LogP contribution in [0, 0.1) is 11.3 Å². The van der Waals surface area contributed by atoms with E-state index in [1.807, 2.05) is 36.4 Å². The Morgan fingerprint density at radius 3 is 2.39 bits per heavy atom. The van der Waals surface area contributed by atoms with Crippen LogP contribution in [0.3, 0.4) is 0 Å². The quantitative estimate of drug-likeness (QED) is 0.761. The summed E-state index contributed by atoms with van der Waals surface area (Å²) in [6.07, 6.45) is 0.720. The highest BCUT2D eigenvalue weighted by atomic mass is 16.5. The number of para-hydroxylation sites is 1. The molecule has 0 aromatic heterocycles. The molecule has 2 aromatic carbocycles. The number of carbonyl (C=O) groups excluding carboxylic acids is 1. The van der Waals surface area contributed by atoms with E-state index < -0.39 is 0 Å². The van der Waals surface area contributed by atoms with Gasteiger partial charge in [0.15, 0.2) is 6.61 Å². The van der Waals surface area contributed by atoms with Crippen molar-refractivity contribution in [3.63, 3.8) is 0 Å². The van der Waals surface area contributed by atoms with Crippen LogP contribution >= 0.6 is 0 Å². The molecular formula is C18H18N2O3. The highest BCUT2D eigenvalue weighted by Crippen LogP contribution is 2.11. The molecule has 0 spiro atoms. The molecule has 2 aromatic rings. The Morgan fingerprint density at radius 2 is 1.70 bits per heavy atom. The number of hydrogen-bond donors (Lipinski definition) is 1. The van der Waals surface area contributed by atoms with Crippen LogP contribution in [0.25, 0.3) is 0 Å². The van der Waals surface area contributed by atoms with Crippen LogP contribution in [0.1, 0.15) is 12.0 Å². The Balaban J connectivity index is 1.57. The first kappa shape index (κ1) is 16.4. The molecule has 0 bridgehead atoms. The lowest BCUT2D eigenvalue weighted by Crippen LogP contribution is -2.30. The van der Waals surface area contributed by atoms with Gasteiger partial charge in [-0.2, -0.15) is 5.26 Å². The zero-order valence-corrected chi connectivity index (χ0v) is 12.7. The molecule has 23 heavy (non-hydrogen) atoms. The monoisotopic (exact) mass is 310 g/mol. The van der Waals surface area contributed by atoms with Crippen molar-refractivity contribution in [2.24, 2.45) is 0 Å². The van der Waals surface area contributed by atoms with Crippen LogP contribution in [0.15, 0.2) is 54.6 Å². The minimum atomic E-state index is -0.186. The molecule has 0 unspecified atom stereocenters. The van der Waals surface area contributed by atoms with E-state index in [9.17, 15) is 4.79 Å². The molecule has 0 atom stereocenters. The van der Waals surface area contributed by atoms with Crippen molar-refractivity contribution in [2.45, 2.75) is 6.42 Å². The average molecular weight is 310 g/mol. The highest BCUT2D eigenvalue weighted by Gasteiger charge is 2.02. The molecular weight excluding hydrogens is 292 g/mol. The fourth-order valence-electron chi connectivity index (χ4n) is 1.83. The molecule has 0 heterocycles. The van der Waals surface area contributed by atoms with Crippen LogP contribution in [-0.4, -0.2) is 25.7 Å². The predicted molar refractivity (Wildman–Crippen MR) is 86.2 cm³/mol. The Labute approximate surface area is 135 Å². The summed E-state index contributed by atoms with van der Waals surface area (Å²) in [5.74, 6) is 1.20. The van der Waals surface area contributed by atoms with Gasteiger partial charge in [-0.1, -0.05) is 18.2 Å². The van der Waals surface area contributed by atoms with E-state index in [-0.39, 0.29) is 12.5 Å². The molecule has 5 heteroatoms. The van der Waals surface area contributed by atoms with Crippen molar-refractivity contribution >= 4 is 5.91 Å². The van der Waals surface area contributed by atoms with Crippen LogP contribution in [0.2, 0.25) is 0 Å². The third-order valence-corrected chi connectivity index (χ3v) is 3.01. The van der Waals surface area contributed by atoms with E-state index in [0.29, 0.717) is 24.5 Å². The summed E-state index contributed by atoms with van der Waals surface area (Å²) in [7, 11) is 0. The molecule has 2 rings (SSSR count). The van der Waals surface area contributed by atoms with Gasteiger partial charge in [0.1, 0.15) is 11.5 Å². The summed E-state index contributed by atoms with van der Waals surface area (Å²) >= 11 is 0. The maximum absolute atomic E-state index is 11.6. The zero-order valence-electron chi connectivity index (χ0n) is 12.7. The second kappa shape index (κ2) is 9.11. The molecule has 0 aliphatic rings. The number of ether oxygens (including phenoxy) is 2. The summed E-state index contributed by atoms with van der Waals surface area (Å²) in [6.45, 7) is 1.02. The third kappa shape index (κ3) is 6.10. The van der Waals surface area contributed by atoms with Gasteiger partial charge in [0.05, 0.1) is 18.2 Å². The van der Waals surface area contributed by atoms with Gasteiger partial charge in [-0.25, -0.2) is 0 Å². The maximum atomic E-state index is 11.6. The molecule has 1 amide bonds. The first-order chi connectivity index (χ1) is 11.3. The molecule has 0 radical (unpaired) electrons. The Kier molecular flexibility index (Phi) is 6.48. The molecule has 0 aliphatic heterocycles. The molecule has 0 aliphatic carbocycles. The molecule has 0 saturated carbocycles. The average Bonchev–Trinajstić information content (AvgIpc) is 2.61. The van der Waals surface area contributed by atoms with Crippen LogP contribution < -0.4 is 14.8 Å². The number of hydrogen-bond acceptors (Lipinski definition) is 4. The summed E-state index contributed by atoms with van der Waals surface area (Å²) in [4.78, 5) is 11.6. The number of carbonyl (C=O) groups is 1. The summed E-state index contributed by atoms with van der Waals surface area (Å²) in [5, 5.41) is 11.5. The lowest BCUT2D eigenvalue weighted by Gasteiger charge is -2.08. The van der Waals surface area contributed by atoms with Crippen LogP contribution in [0.5, 0.6) is 11.5 Å². The van der Waals surface area contributed by atoms with Crippen molar-refractivity contribution < 1.29 is 14.3 Å². The Hall–Kier alpha value is -3.00. The second-order valence-electron chi connectivity index (χ2n) is 4.79. The van der Waals surface area contributed by atoms with E-state index >= 15 is 0 Å². The van der Waals surface area contributed by atoms with E-state index in [1.165, 1.54) is 0 Å². The van der Waals surface area contributed by atoms with E-state index in [2.05, 4.69) is 5.32 Å². The molecule has 5 nitrogen and oxygen atoms in total. The van der Waals surface area contributed by atoms with E-state index in [1.54, 1.807) is 24.3 Å². The maximum Gasteiger partial charge on any atom is 0.257 e. The van der Waals surface area contributed by atoms with Crippen molar-refractivity contribution in [1.29, 1.82) is 5.26 Å². The van der Waals surface area contributed by atoms with Crippen LogP contribution in [-0.2, 0) is 4.79 Å². The number of nitrogens with zero attached hydrogens (tertiary/aromatic N) is 1. The van der Waals surface area contributed by atoms with Crippen molar-refractivity contribution in [1.82, 2.24) is 5.32 Å². The molecule has 118 valence electrons. The molecule has 0 saturated heterocycles. The Bertz CT molecular complexity index is 648.